The Hall–Kier alpha value is -1.64. The number of hydrogen-bond donors (Lipinski definition) is 2. The lowest BCUT2D eigenvalue weighted by Crippen LogP contribution is -2.44. The van der Waals surface area contributed by atoms with Crippen molar-refractivity contribution in [3.8, 4) is 0 Å². The fourth-order valence-corrected chi connectivity index (χ4v) is 2.94. The third-order valence-electron chi connectivity index (χ3n) is 4.52. The first-order chi connectivity index (χ1) is 12.2. The molecule has 1 aromatic rings. The first-order valence-corrected chi connectivity index (χ1v) is 8.92. The fraction of sp³-hybridized carbons (Fsp3) is 0.765. The van der Waals surface area contributed by atoms with Gasteiger partial charge in [-0.15, -0.1) is 0 Å². The number of aromatic nitrogens is 2. The smallest absolute Gasteiger partial charge is 0.191 e. The zero-order valence-electron chi connectivity index (χ0n) is 16.0. The Balaban J connectivity index is 1.79. The summed E-state index contributed by atoms with van der Waals surface area (Å²) in [5.41, 5.74) is 3.43. The Labute approximate surface area is 150 Å². The van der Waals surface area contributed by atoms with Gasteiger partial charge >= 0.3 is 0 Å². The number of hydrogen-bond acceptors (Lipinski definition) is 5. The molecule has 1 aliphatic heterocycles. The Morgan fingerprint density at radius 3 is 2.68 bits per heavy atom. The molecule has 1 fully saturated rings. The fourth-order valence-electron chi connectivity index (χ4n) is 2.94. The highest BCUT2D eigenvalue weighted by atomic mass is 16.5. The largest absolute Gasteiger partial charge is 0.383 e. The van der Waals surface area contributed by atoms with Crippen LogP contribution in [-0.2, 0) is 22.6 Å². The molecule has 0 unspecified atom stereocenters. The number of nitrogens with zero attached hydrogens (tertiary/aromatic N) is 4. The molecular formula is C17H32N6O2. The second-order valence-electron chi connectivity index (χ2n) is 6.17. The molecule has 8 heteroatoms. The summed E-state index contributed by atoms with van der Waals surface area (Å²) in [4.78, 5) is 6.71. The number of methoxy groups -OCH3 is 1. The average Bonchev–Trinajstić information content (AvgIpc) is 2.90. The van der Waals surface area contributed by atoms with E-state index in [1.807, 2.05) is 11.6 Å². The summed E-state index contributed by atoms with van der Waals surface area (Å²) < 4.78 is 12.5. The summed E-state index contributed by atoms with van der Waals surface area (Å²) >= 11 is 0. The minimum absolute atomic E-state index is 0.666. The SMILES string of the molecule is CN=C(NCCN1CCOCC1)NCc1c(C)nn(CCOC)c1C. The van der Waals surface area contributed by atoms with E-state index in [9.17, 15) is 0 Å². The molecule has 0 atom stereocenters. The molecule has 0 bridgehead atoms. The third-order valence-corrected chi connectivity index (χ3v) is 4.52. The van der Waals surface area contributed by atoms with E-state index in [4.69, 9.17) is 9.47 Å². The quantitative estimate of drug-likeness (QED) is 0.512. The topological polar surface area (TPSA) is 75.9 Å². The minimum Gasteiger partial charge on any atom is -0.383 e. The normalized spacial score (nSPS) is 16.2. The van der Waals surface area contributed by atoms with Crippen LogP contribution in [0.1, 0.15) is 17.0 Å². The van der Waals surface area contributed by atoms with E-state index in [1.54, 1.807) is 14.2 Å². The highest BCUT2D eigenvalue weighted by Gasteiger charge is 2.12. The van der Waals surface area contributed by atoms with Crippen LogP contribution in [0.3, 0.4) is 0 Å². The van der Waals surface area contributed by atoms with E-state index in [1.165, 1.54) is 11.3 Å². The summed E-state index contributed by atoms with van der Waals surface area (Å²) in [6.45, 7) is 11.8. The van der Waals surface area contributed by atoms with Crippen LogP contribution in [0.25, 0.3) is 0 Å². The van der Waals surface area contributed by atoms with Crippen LogP contribution < -0.4 is 10.6 Å². The first-order valence-electron chi connectivity index (χ1n) is 8.92. The minimum atomic E-state index is 0.666. The summed E-state index contributed by atoms with van der Waals surface area (Å²) in [6, 6.07) is 0. The predicted octanol–water partition coefficient (Wildman–Crippen LogP) is 0.144. The second-order valence-corrected chi connectivity index (χ2v) is 6.17. The van der Waals surface area contributed by atoms with Crippen molar-refractivity contribution in [1.29, 1.82) is 0 Å². The van der Waals surface area contributed by atoms with Crippen LogP contribution in [-0.4, -0.2) is 80.8 Å². The molecule has 2 heterocycles. The van der Waals surface area contributed by atoms with Gasteiger partial charge in [-0.2, -0.15) is 5.10 Å². The van der Waals surface area contributed by atoms with Crippen molar-refractivity contribution in [2.45, 2.75) is 26.9 Å². The zero-order chi connectivity index (χ0) is 18.1. The van der Waals surface area contributed by atoms with E-state index in [0.29, 0.717) is 13.2 Å². The lowest BCUT2D eigenvalue weighted by atomic mass is 10.2. The van der Waals surface area contributed by atoms with Crippen LogP contribution in [0.2, 0.25) is 0 Å². The van der Waals surface area contributed by atoms with E-state index in [2.05, 4.69) is 32.5 Å². The maximum Gasteiger partial charge on any atom is 0.191 e. The molecule has 0 amide bonds. The molecule has 0 aromatic carbocycles. The van der Waals surface area contributed by atoms with E-state index < -0.39 is 0 Å². The van der Waals surface area contributed by atoms with Gasteiger partial charge in [-0.05, 0) is 13.8 Å². The van der Waals surface area contributed by atoms with E-state index >= 15 is 0 Å². The van der Waals surface area contributed by atoms with Gasteiger partial charge in [0.05, 0.1) is 32.1 Å². The summed E-state index contributed by atoms with van der Waals surface area (Å²) in [6.07, 6.45) is 0. The number of morpholine rings is 1. The Morgan fingerprint density at radius 1 is 1.24 bits per heavy atom. The molecule has 1 aliphatic rings. The molecular weight excluding hydrogens is 320 g/mol. The molecule has 1 aromatic heterocycles. The van der Waals surface area contributed by atoms with E-state index in [0.717, 1.165) is 57.6 Å². The lowest BCUT2D eigenvalue weighted by molar-refractivity contribution is 0.0389. The van der Waals surface area contributed by atoms with Crippen LogP contribution in [0, 0.1) is 13.8 Å². The van der Waals surface area contributed by atoms with Gasteiger partial charge in [0.15, 0.2) is 5.96 Å². The highest BCUT2D eigenvalue weighted by molar-refractivity contribution is 5.79. The van der Waals surface area contributed by atoms with Crippen molar-refractivity contribution in [3.05, 3.63) is 17.0 Å². The van der Waals surface area contributed by atoms with Crippen LogP contribution in [0.4, 0.5) is 0 Å². The van der Waals surface area contributed by atoms with Gasteiger partial charge in [0, 0.05) is 58.1 Å². The number of rotatable bonds is 8. The molecule has 1 saturated heterocycles. The third kappa shape index (κ3) is 5.98. The van der Waals surface area contributed by atoms with Crippen molar-refractivity contribution in [2.75, 3.05) is 60.2 Å². The molecule has 0 saturated carbocycles. The number of aryl methyl sites for hydroxylation is 1. The van der Waals surface area contributed by atoms with Gasteiger partial charge < -0.3 is 20.1 Å². The van der Waals surface area contributed by atoms with Crippen molar-refractivity contribution in [2.24, 2.45) is 4.99 Å². The predicted molar refractivity (Wildman–Crippen MR) is 99.0 cm³/mol. The van der Waals surface area contributed by atoms with Gasteiger partial charge in [-0.3, -0.25) is 14.6 Å². The highest BCUT2D eigenvalue weighted by Crippen LogP contribution is 2.12. The van der Waals surface area contributed by atoms with Crippen molar-refractivity contribution >= 4 is 5.96 Å². The number of ether oxygens (including phenoxy) is 2. The molecule has 0 spiro atoms. The summed E-state index contributed by atoms with van der Waals surface area (Å²) in [5.74, 6) is 0.816. The monoisotopic (exact) mass is 352 g/mol. The van der Waals surface area contributed by atoms with Crippen molar-refractivity contribution in [3.63, 3.8) is 0 Å². The van der Waals surface area contributed by atoms with Crippen LogP contribution in [0.15, 0.2) is 4.99 Å². The molecule has 142 valence electrons. The Morgan fingerprint density at radius 2 is 2.00 bits per heavy atom. The summed E-state index contributed by atoms with van der Waals surface area (Å²) in [7, 11) is 3.51. The standard InChI is InChI=1S/C17H32N6O2/c1-14-16(15(2)23(21-14)9-10-24-4)13-20-17(18-3)19-5-6-22-7-11-25-12-8-22/h5-13H2,1-4H3,(H2,18,19,20). The second kappa shape index (κ2) is 10.4. The maximum absolute atomic E-state index is 5.37. The molecule has 2 N–H and O–H groups in total. The van der Waals surface area contributed by atoms with Crippen molar-refractivity contribution in [1.82, 2.24) is 25.3 Å². The van der Waals surface area contributed by atoms with Gasteiger partial charge in [0.1, 0.15) is 0 Å². The molecule has 2 rings (SSSR count). The Bertz CT molecular complexity index is 552. The van der Waals surface area contributed by atoms with Crippen LogP contribution >= 0.6 is 0 Å². The maximum atomic E-state index is 5.37. The van der Waals surface area contributed by atoms with Crippen LogP contribution in [0.5, 0.6) is 0 Å². The number of nitrogens with one attached hydrogen (secondary N) is 2. The lowest BCUT2D eigenvalue weighted by Gasteiger charge is -2.26. The molecule has 25 heavy (non-hydrogen) atoms. The number of aliphatic imine (C=N–C) groups is 1. The van der Waals surface area contributed by atoms with Gasteiger partial charge in [0.2, 0.25) is 0 Å². The molecule has 0 radical (unpaired) electrons. The van der Waals surface area contributed by atoms with Gasteiger partial charge in [0.25, 0.3) is 0 Å². The number of guanidine groups is 1. The van der Waals surface area contributed by atoms with Gasteiger partial charge in [-0.25, -0.2) is 0 Å². The first kappa shape index (κ1) is 19.7. The molecule has 8 nitrogen and oxygen atoms in total. The summed E-state index contributed by atoms with van der Waals surface area (Å²) in [5, 5.41) is 11.4. The van der Waals surface area contributed by atoms with Crippen molar-refractivity contribution < 1.29 is 9.47 Å². The van der Waals surface area contributed by atoms with E-state index in [-0.39, 0.29) is 0 Å². The average molecular weight is 352 g/mol. The zero-order valence-corrected chi connectivity index (χ0v) is 16.0. The molecule has 0 aliphatic carbocycles. The van der Waals surface area contributed by atoms with Gasteiger partial charge in [-0.1, -0.05) is 0 Å². The Kier molecular flexibility index (Phi) is 8.17.